The lowest BCUT2D eigenvalue weighted by Gasteiger charge is -2.10. The van der Waals surface area contributed by atoms with Crippen LogP contribution in [0.3, 0.4) is 0 Å². The number of rotatable bonds is 7. The van der Waals surface area contributed by atoms with Crippen LogP contribution in [0.5, 0.6) is 5.75 Å². The highest BCUT2D eigenvalue weighted by Crippen LogP contribution is 2.36. The van der Waals surface area contributed by atoms with E-state index in [-0.39, 0.29) is 18.8 Å². The van der Waals surface area contributed by atoms with E-state index in [4.69, 9.17) is 18.6 Å². The Labute approximate surface area is 161 Å². The van der Waals surface area contributed by atoms with E-state index in [2.05, 4.69) is 5.32 Å². The van der Waals surface area contributed by atoms with Gasteiger partial charge in [0.05, 0.1) is 26.0 Å². The zero-order chi connectivity index (χ0) is 20.1. The first-order valence-corrected chi connectivity index (χ1v) is 8.89. The lowest BCUT2D eigenvalue weighted by molar-refractivity contribution is -0.146. The minimum atomic E-state index is -0.766. The Hall–Kier alpha value is -3.48. The summed E-state index contributed by atoms with van der Waals surface area (Å²) in [5.41, 5.74) is 1.69. The molecule has 0 radical (unpaired) electrons. The highest BCUT2D eigenvalue weighted by molar-refractivity contribution is 6.14. The van der Waals surface area contributed by atoms with Crippen molar-refractivity contribution in [1.29, 1.82) is 0 Å². The van der Waals surface area contributed by atoms with E-state index in [0.29, 0.717) is 17.0 Å². The normalized spacial score (nSPS) is 10.5. The van der Waals surface area contributed by atoms with Gasteiger partial charge in [-0.2, -0.15) is 0 Å². The van der Waals surface area contributed by atoms with Crippen LogP contribution in [0.4, 0.5) is 5.69 Å². The van der Waals surface area contributed by atoms with Crippen molar-refractivity contribution in [3.05, 3.63) is 48.2 Å². The van der Waals surface area contributed by atoms with Crippen LogP contribution in [0.2, 0.25) is 0 Å². The standard InChI is InChI=1S/C21H21NO6/c1-4-26-20(23)15(21(24)27-5-2)12-22-16-11-18-14(10-19(16)25-3)13-8-6-7-9-17(13)28-18/h6-12,22H,4-5H2,1-3H3. The summed E-state index contributed by atoms with van der Waals surface area (Å²) in [5, 5.41) is 4.80. The van der Waals surface area contributed by atoms with Gasteiger partial charge >= 0.3 is 11.9 Å². The van der Waals surface area contributed by atoms with Gasteiger partial charge in [-0.1, -0.05) is 18.2 Å². The number of furan rings is 1. The van der Waals surface area contributed by atoms with Crippen LogP contribution in [-0.2, 0) is 19.1 Å². The SMILES string of the molecule is CCOC(=O)C(=CNc1cc2oc3ccccc3c2cc1OC)C(=O)OCC. The maximum atomic E-state index is 12.1. The van der Waals surface area contributed by atoms with E-state index in [1.165, 1.54) is 13.3 Å². The van der Waals surface area contributed by atoms with E-state index >= 15 is 0 Å². The number of hydrogen-bond donors (Lipinski definition) is 1. The lowest BCUT2D eigenvalue weighted by atomic mass is 10.1. The second-order valence-electron chi connectivity index (χ2n) is 5.79. The third kappa shape index (κ3) is 3.78. The van der Waals surface area contributed by atoms with Crippen LogP contribution in [0.15, 0.2) is 52.6 Å². The number of anilines is 1. The summed E-state index contributed by atoms with van der Waals surface area (Å²) >= 11 is 0. The summed E-state index contributed by atoms with van der Waals surface area (Å²) in [5.74, 6) is -1.00. The van der Waals surface area contributed by atoms with Crippen molar-refractivity contribution < 1.29 is 28.2 Å². The molecule has 3 aromatic rings. The van der Waals surface area contributed by atoms with Crippen LogP contribution < -0.4 is 10.1 Å². The Morgan fingerprint density at radius 2 is 1.68 bits per heavy atom. The molecular weight excluding hydrogens is 362 g/mol. The molecule has 7 nitrogen and oxygen atoms in total. The summed E-state index contributed by atoms with van der Waals surface area (Å²) in [6, 6.07) is 11.3. The predicted molar refractivity (Wildman–Crippen MR) is 105 cm³/mol. The van der Waals surface area contributed by atoms with Crippen LogP contribution in [0.1, 0.15) is 13.8 Å². The molecule has 3 rings (SSSR count). The number of benzene rings is 2. The van der Waals surface area contributed by atoms with Crippen molar-refractivity contribution in [2.24, 2.45) is 0 Å². The number of hydrogen-bond acceptors (Lipinski definition) is 7. The predicted octanol–water partition coefficient (Wildman–Crippen LogP) is 4.02. The van der Waals surface area contributed by atoms with Crippen LogP contribution >= 0.6 is 0 Å². The number of methoxy groups -OCH3 is 1. The van der Waals surface area contributed by atoms with E-state index in [1.807, 2.05) is 30.3 Å². The maximum Gasteiger partial charge on any atom is 0.347 e. The van der Waals surface area contributed by atoms with Crippen LogP contribution in [0, 0.1) is 0 Å². The average molecular weight is 383 g/mol. The maximum absolute atomic E-state index is 12.1. The van der Waals surface area contributed by atoms with Gasteiger partial charge in [0, 0.05) is 23.0 Å². The molecule has 0 fully saturated rings. The first-order chi connectivity index (χ1) is 13.6. The molecule has 7 heteroatoms. The van der Waals surface area contributed by atoms with Gasteiger partial charge in [-0.05, 0) is 26.0 Å². The Morgan fingerprint density at radius 3 is 2.32 bits per heavy atom. The highest BCUT2D eigenvalue weighted by Gasteiger charge is 2.21. The fourth-order valence-corrected chi connectivity index (χ4v) is 2.80. The quantitative estimate of drug-likeness (QED) is 0.285. The smallest absolute Gasteiger partial charge is 0.347 e. The number of carbonyl (C=O) groups excluding carboxylic acids is 2. The summed E-state index contributed by atoms with van der Waals surface area (Å²) < 4.78 is 21.2. The van der Waals surface area contributed by atoms with Crippen LogP contribution in [0.25, 0.3) is 21.9 Å². The first-order valence-electron chi connectivity index (χ1n) is 8.89. The molecule has 0 aliphatic rings. The molecular formula is C21H21NO6. The second-order valence-corrected chi connectivity index (χ2v) is 5.79. The molecule has 1 N–H and O–H groups in total. The van der Waals surface area contributed by atoms with Gasteiger partial charge < -0.3 is 23.9 Å². The largest absolute Gasteiger partial charge is 0.495 e. The van der Waals surface area contributed by atoms with Crippen molar-refractivity contribution in [2.45, 2.75) is 13.8 Å². The molecule has 1 heterocycles. The molecule has 0 amide bonds. The molecule has 0 atom stereocenters. The third-order valence-corrected chi connectivity index (χ3v) is 4.06. The Balaban J connectivity index is 2.01. The second kappa shape index (κ2) is 8.47. The van der Waals surface area contributed by atoms with E-state index < -0.39 is 11.9 Å². The number of fused-ring (bicyclic) bond motifs is 3. The average Bonchev–Trinajstić information content (AvgIpc) is 3.05. The van der Waals surface area contributed by atoms with Gasteiger partial charge in [0.15, 0.2) is 5.57 Å². The molecule has 1 aromatic heterocycles. The first kappa shape index (κ1) is 19.3. The van der Waals surface area contributed by atoms with Crippen molar-refractivity contribution in [1.82, 2.24) is 0 Å². The minimum absolute atomic E-state index is 0.143. The Kier molecular flexibility index (Phi) is 5.84. The zero-order valence-corrected chi connectivity index (χ0v) is 15.9. The molecule has 0 saturated heterocycles. The van der Waals surface area contributed by atoms with Crippen molar-refractivity contribution in [3.8, 4) is 5.75 Å². The molecule has 0 saturated carbocycles. The minimum Gasteiger partial charge on any atom is -0.495 e. The Morgan fingerprint density at radius 1 is 1.00 bits per heavy atom. The van der Waals surface area contributed by atoms with Gasteiger partial charge in [-0.25, -0.2) is 9.59 Å². The van der Waals surface area contributed by atoms with Crippen LogP contribution in [-0.4, -0.2) is 32.3 Å². The number of nitrogens with one attached hydrogen (secondary N) is 1. The molecule has 0 aliphatic carbocycles. The number of carbonyl (C=O) groups is 2. The lowest BCUT2D eigenvalue weighted by Crippen LogP contribution is -2.19. The third-order valence-electron chi connectivity index (χ3n) is 4.06. The number of ether oxygens (including phenoxy) is 3. The fraction of sp³-hybridized carbons (Fsp3) is 0.238. The number of esters is 2. The molecule has 0 unspecified atom stereocenters. The summed E-state index contributed by atoms with van der Waals surface area (Å²) in [6.45, 7) is 3.60. The number of para-hydroxylation sites is 1. The van der Waals surface area contributed by atoms with Gasteiger partial charge in [0.1, 0.15) is 16.9 Å². The van der Waals surface area contributed by atoms with E-state index in [0.717, 1.165) is 16.4 Å². The van der Waals surface area contributed by atoms with E-state index in [1.54, 1.807) is 19.9 Å². The molecule has 146 valence electrons. The van der Waals surface area contributed by atoms with Gasteiger partial charge in [0.2, 0.25) is 0 Å². The van der Waals surface area contributed by atoms with Crippen molar-refractivity contribution >= 4 is 39.6 Å². The molecule has 0 bridgehead atoms. The highest BCUT2D eigenvalue weighted by atomic mass is 16.6. The monoisotopic (exact) mass is 383 g/mol. The van der Waals surface area contributed by atoms with E-state index in [9.17, 15) is 9.59 Å². The molecule has 0 aliphatic heterocycles. The fourth-order valence-electron chi connectivity index (χ4n) is 2.80. The Bertz CT molecular complexity index is 1030. The van der Waals surface area contributed by atoms with Crippen molar-refractivity contribution in [3.63, 3.8) is 0 Å². The van der Waals surface area contributed by atoms with Gasteiger partial charge in [0.25, 0.3) is 0 Å². The summed E-state index contributed by atoms with van der Waals surface area (Å²) in [6.07, 6.45) is 1.25. The summed E-state index contributed by atoms with van der Waals surface area (Å²) in [4.78, 5) is 24.2. The topological polar surface area (TPSA) is 87.0 Å². The molecule has 2 aromatic carbocycles. The van der Waals surface area contributed by atoms with Gasteiger partial charge in [-0.15, -0.1) is 0 Å². The molecule has 28 heavy (non-hydrogen) atoms. The summed E-state index contributed by atoms with van der Waals surface area (Å²) in [7, 11) is 1.54. The van der Waals surface area contributed by atoms with Gasteiger partial charge in [-0.3, -0.25) is 0 Å². The zero-order valence-electron chi connectivity index (χ0n) is 15.9. The van der Waals surface area contributed by atoms with Crippen molar-refractivity contribution in [2.75, 3.05) is 25.6 Å². The molecule has 0 spiro atoms.